The molecule has 0 saturated heterocycles. The van der Waals surface area contributed by atoms with Gasteiger partial charge >= 0.3 is 0 Å². The van der Waals surface area contributed by atoms with Gasteiger partial charge in [0.15, 0.2) is 5.78 Å². The summed E-state index contributed by atoms with van der Waals surface area (Å²) in [5.41, 5.74) is 0.408. The second-order valence-corrected chi connectivity index (χ2v) is 4.52. The zero-order valence-corrected chi connectivity index (χ0v) is 9.29. The molecule has 0 spiro atoms. The molecule has 1 fully saturated rings. The second kappa shape index (κ2) is 5.19. The molecule has 2 rings (SSSR count). The van der Waals surface area contributed by atoms with E-state index in [9.17, 15) is 9.18 Å². The van der Waals surface area contributed by atoms with Gasteiger partial charge in [-0.1, -0.05) is 32.1 Å². The third-order valence-electron chi connectivity index (χ3n) is 3.23. The highest BCUT2D eigenvalue weighted by atomic mass is 19.1. The molecule has 1 saturated carbocycles. The Morgan fingerprint density at radius 3 is 2.75 bits per heavy atom. The Balaban J connectivity index is 1.97. The number of ketones is 1. The van der Waals surface area contributed by atoms with E-state index in [2.05, 4.69) is 4.98 Å². The average molecular weight is 221 g/mol. The lowest BCUT2D eigenvalue weighted by molar-refractivity contribution is 0.0949. The van der Waals surface area contributed by atoms with Crippen molar-refractivity contribution in [3.63, 3.8) is 0 Å². The van der Waals surface area contributed by atoms with Crippen LogP contribution in [0.3, 0.4) is 0 Å². The second-order valence-electron chi connectivity index (χ2n) is 4.52. The number of hydrogen-bond acceptors (Lipinski definition) is 2. The van der Waals surface area contributed by atoms with Crippen LogP contribution in [0.5, 0.6) is 0 Å². The number of rotatable bonds is 3. The van der Waals surface area contributed by atoms with Crippen LogP contribution in [0.1, 0.15) is 48.9 Å². The molecular weight excluding hydrogens is 205 g/mol. The number of carbonyl (C=O) groups is 1. The van der Waals surface area contributed by atoms with Gasteiger partial charge in [-0.05, 0) is 12.0 Å². The smallest absolute Gasteiger partial charge is 0.164 e. The van der Waals surface area contributed by atoms with Crippen LogP contribution < -0.4 is 0 Å². The lowest BCUT2D eigenvalue weighted by Crippen LogP contribution is -2.12. The average Bonchev–Trinajstić information content (AvgIpc) is 2.30. The fourth-order valence-electron chi connectivity index (χ4n) is 2.34. The maximum atomic E-state index is 12.9. The number of halogens is 1. The minimum Gasteiger partial charge on any atom is -0.294 e. The minimum atomic E-state index is -0.436. The summed E-state index contributed by atoms with van der Waals surface area (Å²) in [6.07, 6.45) is 9.12. The standard InChI is InChI=1S/C13H16FNO/c14-12-7-11(8-15-9-12)13(16)6-10-4-2-1-3-5-10/h7-10H,1-6H2. The fourth-order valence-corrected chi connectivity index (χ4v) is 2.34. The van der Waals surface area contributed by atoms with Crippen LogP contribution in [-0.4, -0.2) is 10.8 Å². The predicted molar refractivity (Wildman–Crippen MR) is 59.7 cm³/mol. The van der Waals surface area contributed by atoms with Gasteiger partial charge in [0.1, 0.15) is 5.82 Å². The number of carbonyl (C=O) groups excluding carboxylic acids is 1. The van der Waals surface area contributed by atoms with Gasteiger partial charge < -0.3 is 0 Å². The van der Waals surface area contributed by atoms with E-state index in [0.29, 0.717) is 17.9 Å². The van der Waals surface area contributed by atoms with Gasteiger partial charge in [-0.2, -0.15) is 0 Å². The Labute approximate surface area is 94.9 Å². The van der Waals surface area contributed by atoms with Gasteiger partial charge in [-0.15, -0.1) is 0 Å². The summed E-state index contributed by atoms with van der Waals surface area (Å²) in [5.74, 6) is 0.0814. The van der Waals surface area contributed by atoms with E-state index in [1.807, 2.05) is 0 Å². The highest BCUT2D eigenvalue weighted by molar-refractivity contribution is 5.95. The van der Waals surface area contributed by atoms with Crippen molar-refractivity contribution in [2.24, 2.45) is 5.92 Å². The molecule has 0 N–H and O–H groups in total. The topological polar surface area (TPSA) is 30.0 Å². The molecular formula is C13H16FNO. The normalized spacial score (nSPS) is 17.3. The number of aromatic nitrogens is 1. The molecule has 0 aromatic carbocycles. The largest absolute Gasteiger partial charge is 0.294 e. The molecule has 1 heterocycles. The van der Waals surface area contributed by atoms with Crippen molar-refractivity contribution in [3.8, 4) is 0 Å². The van der Waals surface area contributed by atoms with Crippen LogP contribution >= 0.6 is 0 Å². The summed E-state index contributed by atoms with van der Waals surface area (Å²) < 4.78 is 12.9. The van der Waals surface area contributed by atoms with Gasteiger partial charge in [0.05, 0.1) is 6.20 Å². The molecule has 1 aliphatic rings. The Kier molecular flexibility index (Phi) is 3.65. The Morgan fingerprint density at radius 1 is 1.31 bits per heavy atom. The quantitative estimate of drug-likeness (QED) is 0.732. The summed E-state index contributed by atoms with van der Waals surface area (Å²) in [6, 6.07) is 1.28. The van der Waals surface area contributed by atoms with E-state index in [0.717, 1.165) is 19.0 Å². The van der Waals surface area contributed by atoms with Crippen LogP contribution in [-0.2, 0) is 0 Å². The van der Waals surface area contributed by atoms with Crippen molar-refractivity contribution in [2.45, 2.75) is 38.5 Å². The van der Waals surface area contributed by atoms with E-state index in [4.69, 9.17) is 0 Å². The molecule has 0 aliphatic heterocycles. The number of pyridine rings is 1. The first-order valence-corrected chi connectivity index (χ1v) is 5.89. The highest BCUT2D eigenvalue weighted by Crippen LogP contribution is 2.27. The summed E-state index contributed by atoms with van der Waals surface area (Å²) >= 11 is 0. The van der Waals surface area contributed by atoms with Crippen LogP contribution in [0.4, 0.5) is 4.39 Å². The molecule has 0 atom stereocenters. The number of Topliss-reactive ketones (excluding diaryl/α,β-unsaturated/α-hetero) is 1. The lowest BCUT2D eigenvalue weighted by atomic mass is 9.85. The SMILES string of the molecule is O=C(CC1CCCCC1)c1cncc(F)c1. The van der Waals surface area contributed by atoms with Crippen molar-refractivity contribution >= 4 is 5.78 Å². The molecule has 0 unspecified atom stereocenters. The molecule has 0 radical (unpaired) electrons. The summed E-state index contributed by atoms with van der Waals surface area (Å²) in [5, 5.41) is 0. The van der Waals surface area contributed by atoms with Crippen LogP contribution in [0.15, 0.2) is 18.5 Å². The maximum Gasteiger partial charge on any atom is 0.164 e. The molecule has 86 valence electrons. The molecule has 1 aromatic rings. The van der Waals surface area contributed by atoms with Crippen LogP contribution in [0.25, 0.3) is 0 Å². The lowest BCUT2D eigenvalue weighted by Gasteiger charge is -2.20. The highest BCUT2D eigenvalue weighted by Gasteiger charge is 2.18. The first kappa shape index (κ1) is 11.2. The summed E-state index contributed by atoms with van der Waals surface area (Å²) in [6.45, 7) is 0. The molecule has 1 aliphatic carbocycles. The third kappa shape index (κ3) is 2.87. The zero-order chi connectivity index (χ0) is 11.4. The van der Waals surface area contributed by atoms with Crippen LogP contribution in [0, 0.1) is 11.7 Å². The van der Waals surface area contributed by atoms with Crippen LogP contribution in [0.2, 0.25) is 0 Å². The predicted octanol–water partition coefficient (Wildman–Crippen LogP) is 3.37. The van der Waals surface area contributed by atoms with Gasteiger partial charge in [0.25, 0.3) is 0 Å². The van der Waals surface area contributed by atoms with E-state index in [-0.39, 0.29) is 5.78 Å². The molecule has 2 nitrogen and oxygen atoms in total. The minimum absolute atomic E-state index is 0.0268. The van der Waals surface area contributed by atoms with Gasteiger partial charge in [-0.3, -0.25) is 9.78 Å². The summed E-state index contributed by atoms with van der Waals surface area (Å²) in [7, 11) is 0. The van der Waals surface area contributed by atoms with E-state index in [1.165, 1.54) is 31.5 Å². The zero-order valence-electron chi connectivity index (χ0n) is 9.29. The van der Waals surface area contributed by atoms with Crippen molar-refractivity contribution in [3.05, 3.63) is 29.8 Å². The third-order valence-corrected chi connectivity index (χ3v) is 3.23. The first-order chi connectivity index (χ1) is 7.75. The van der Waals surface area contributed by atoms with E-state index in [1.54, 1.807) is 0 Å². The van der Waals surface area contributed by atoms with Gasteiger partial charge in [-0.25, -0.2) is 4.39 Å². The van der Waals surface area contributed by atoms with Crippen molar-refractivity contribution < 1.29 is 9.18 Å². The molecule has 3 heteroatoms. The Bertz CT molecular complexity index is 372. The Hall–Kier alpha value is -1.25. The first-order valence-electron chi connectivity index (χ1n) is 5.89. The Morgan fingerprint density at radius 2 is 2.06 bits per heavy atom. The number of hydrogen-bond donors (Lipinski definition) is 0. The van der Waals surface area contributed by atoms with Gasteiger partial charge in [0, 0.05) is 18.2 Å². The van der Waals surface area contributed by atoms with Crippen molar-refractivity contribution in [1.82, 2.24) is 4.98 Å². The molecule has 0 amide bonds. The number of nitrogens with zero attached hydrogens (tertiary/aromatic N) is 1. The van der Waals surface area contributed by atoms with Crippen molar-refractivity contribution in [2.75, 3.05) is 0 Å². The molecule has 1 aromatic heterocycles. The maximum absolute atomic E-state index is 12.9. The van der Waals surface area contributed by atoms with Crippen molar-refractivity contribution in [1.29, 1.82) is 0 Å². The molecule has 0 bridgehead atoms. The van der Waals surface area contributed by atoms with E-state index >= 15 is 0 Å². The summed E-state index contributed by atoms with van der Waals surface area (Å²) in [4.78, 5) is 15.6. The monoisotopic (exact) mass is 221 g/mol. The van der Waals surface area contributed by atoms with Gasteiger partial charge in [0.2, 0.25) is 0 Å². The molecule has 16 heavy (non-hydrogen) atoms. The fraction of sp³-hybridized carbons (Fsp3) is 0.538. The van der Waals surface area contributed by atoms with E-state index < -0.39 is 5.82 Å².